The van der Waals surface area contributed by atoms with Gasteiger partial charge in [0, 0.05) is 22.1 Å². The second-order valence-electron chi connectivity index (χ2n) is 8.94. The Hall–Kier alpha value is -0.893. The first-order valence-corrected chi connectivity index (χ1v) is 14.2. The molecule has 0 radical (unpaired) electrons. The molecular formula is C19H27ClFNO3SSi. The summed E-state index contributed by atoms with van der Waals surface area (Å²) < 4.78 is 47.0. The van der Waals surface area contributed by atoms with Gasteiger partial charge in [-0.2, -0.15) is 0 Å². The maximum Gasteiger partial charge on any atom is 0.192 e. The normalized spacial score (nSPS) is 20.5. The van der Waals surface area contributed by atoms with Crippen molar-refractivity contribution >= 4 is 40.7 Å². The van der Waals surface area contributed by atoms with Gasteiger partial charge in [-0.1, -0.05) is 32.4 Å². The first-order chi connectivity index (χ1) is 12.3. The molecule has 0 aliphatic carbocycles. The highest BCUT2D eigenvalue weighted by Gasteiger charge is 2.38. The van der Waals surface area contributed by atoms with Crippen molar-refractivity contribution in [3.8, 4) is 0 Å². The van der Waals surface area contributed by atoms with E-state index < -0.39 is 24.0 Å². The molecule has 3 rings (SSSR count). The molecular weight excluding hydrogens is 405 g/mol. The van der Waals surface area contributed by atoms with E-state index in [2.05, 4.69) is 33.9 Å². The molecule has 1 aromatic heterocycles. The Labute approximate surface area is 166 Å². The molecule has 0 spiro atoms. The van der Waals surface area contributed by atoms with Gasteiger partial charge in [-0.15, -0.1) is 0 Å². The Morgan fingerprint density at radius 2 is 1.96 bits per heavy atom. The molecule has 1 fully saturated rings. The van der Waals surface area contributed by atoms with Gasteiger partial charge in [0.25, 0.3) is 0 Å². The third-order valence-corrected chi connectivity index (χ3v) is 12.3. The van der Waals surface area contributed by atoms with E-state index in [1.165, 1.54) is 6.07 Å². The van der Waals surface area contributed by atoms with Crippen LogP contribution >= 0.6 is 11.6 Å². The lowest BCUT2D eigenvalue weighted by Gasteiger charge is -2.36. The Bertz CT molecular complexity index is 979. The molecule has 0 bridgehead atoms. The number of aromatic nitrogens is 1. The van der Waals surface area contributed by atoms with Crippen LogP contribution in [0.15, 0.2) is 18.2 Å². The lowest BCUT2D eigenvalue weighted by molar-refractivity contribution is 0.264. The fourth-order valence-electron chi connectivity index (χ4n) is 3.32. The second-order valence-corrected chi connectivity index (χ2v) is 16.4. The second kappa shape index (κ2) is 6.86. The predicted octanol–water partition coefficient (Wildman–Crippen LogP) is 5.32. The molecule has 1 atom stereocenters. The number of hydrogen-bond acceptors (Lipinski definition) is 3. The highest BCUT2D eigenvalue weighted by molar-refractivity contribution is 7.91. The average molecular weight is 432 g/mol. The third-order valence-electron chi connectivity index (χ3n) is 5.89. The van der Waals surface area contributed by atoms with E-state index in [0.29, 0.717) is 29.0 Å². The molecule has 0 amide bonds. The van der Waals surface area contributed by atoms with E-state index in [1.807, 2.05) is 10.6 Å². The van der Waals surface area contributed by atoms with Gasteiger partial charge in [0.2, 0.25) is 0 Å². The summed E-state index contributed by atoms with van der Waals surface area (Å²) >= 11 is 6.03. The summed E-state index contributed by atoms with van der Waals surface area (Å²) in [6, 6.07) is 4.60. The first kappa shape index (κ1) is 20.8. The summed E-state index contributed by atoms with van der Waals surface area (Å²) in [5.41, 5.74) is 1.22. The van der Waals surface area contributed by atoms with Gasteiger partial charge in [0.1, 0.15) is 5.82 Å². The van der Waals surface area contributed by atoms with Crippen LogP contribution in [0.4, 0.5) is 4.39 Å². The Morgan fingerprint density at radius 3 is 2.52 bits per heavy atom. The van der Waals surface area contributed by atoms with Crippen LogP contribution in [0.5, 0.6) is 0 Å². The lowest BCUT2D eigenvalue weighted by Crippen LogP contribution is -2.40. The van der Waals surface area contributed by atoms with Crippen LogP contribution in [0.25, 0.3) is 10.9 Å². The zero-order valence-corrected chi connectivity index (χ0v) is 19.0. The van der Waals surface area contributed by atoms with E-state index >= 15 is 0 Å². The zero-order valence-electron chi connectivity index (χ0n) is 16.5. The van der Waals surface area contributed by atoms with E-state index in [1.54, 1.807) is 6.07 Å². The maximum atomic E-state index is 14.7. The summed E-state index contributed by atoms with van der Waals surface area (Å²) in [5.74, 6) is -0.263. The molecule has 1 aliphatic heterocycles. The minimum atomic E-state index is -3.10. The quantitative estimate of drug-likeness (QED) is 0.616. The summed E-state index contributed by atoms with van der Waals surface area (Å²) in [6.45, 7) is 11.2. The van der Waals surface area contributed by atoms with Crippen molar-refractivity contribution in [2.24, 2.45) is 0 Å². The Morgan fingerprint density at radius 1 is 1.30 bits per heavy atom. The smallest absolute Gasteiger partial charge is 0.192 e. The van der Waals surface area contributed by atoms with Crippen molar-refractivity contribution in [3.63, 3.8) is 0 Å². The van der Waals surface area contributed by atoms with Gasteiger partial charge in [0.15, 0.2) is 18.2 Å². The number of nitrogens with zero attached hydrogens (tertiary/aromatic N) is 1. The highest BCUT2D eigenvalue weighted by Crippen LogP contribution is 2.39. The molecule has 1 unspecified atom stereocenters. The molecule has 1 aliphatic rings. The molecule has 2 heterocycles. The van der Waals surface area contributed by atoms with Crippen LogP contribution in [0, 0.1) is 5.82 Å². The van der Waals surface area contributed by atoms with Crippen LogP contribution in [-0.4, -0.2) is 32.8 Å². The molecule has 4 nitrogen and oxygen atoms in total. The molecule has 8 heteroatoms. The number of fused-ring (bicyclic) bond motifs is 1. The summed E-state index contributed by atoms with van der Waals surface area (Å²) in [4.78, 5) is 0. The van der Waals surface area contributed by atoms with Crippen molar-refractivity contribution in [2.75, 3.05) is 11.5 Å². The fraction of sp³-hybridized carbons (Fsp3) is 0.579. The van der Waals surface area contributed by atoms with Gasteiger partial charge in [-0.3, -0.25) is 0 Å². The van der Waals surface area contributed by atoms with Crippen LogP contribution in [0.3, 0.4) is 0 Å². The molecule has 2 aromatic rings. The average Bonchev–Trinajstić information content (AvgIpc) is 3.03. The van der Waals surface area contributed by atoms with E-state index in [0.717, 1.165) is 5.69 Å². The zero-order chi connectivity index (χ0) is 20.2. The molecule has 150 valence electrons. The summed E-state index contributed by atoms with van der Waals surface area (Å²) in [5, 5.41) is 1.06. The largest absolute Gasteiger partial charge is 0.411 e. The third kappa shape index (κ3) is 4.11. The number of rotatable bonds is 4. The molecule has 1 aromatic carbocycles. The van der Waals surface area contributed by atoms with Crippen molar-refractivity contribution < 1.29 is 17.2 Å². The number of benzene rings is 1. The van der Waals surface area contributed by atoms with Crippen LogP contribution in [-0.2, 0) is 20.9 Å². The molecule has 27 heavy (non-hydrogen) atoms. The van der Waals surface area contributed by atoms with Crippen molar-refractivity contribution in [1.82, 2.24) is 4.57 Å². The number of hydrogen-bond donors (Lipinski definition) is 0. The van der Waals surface area contributed by atoms with Gasteiger partial charge >= 0.3 is 0 Å². The number of halogens is 2. The van der Waals surface area contributed by atoms with E-state index in [4.69, 9.17) is 16.0 Å². The number of sulfone groups is 1. The van der Waals surface area contributed by atoms with Gasteiger partial charge in [-0.05, 0) is 42.8 Å². The standard InChI is InChI=1S/C19H27ClFNO3SSi/c1-19(2,3)27(4,5)25-11-16-9-13-8-14(20)10-17(21)18(13)22(16)15-6-7-26(23,24)12-15/h8-10,15H,6-7,11-12H2,1-5H3. The van der Waals surface area contributed by atoms with Gasteiger partial charge in [-0.25, -0.2) is 12.8 Å². The summed E-state index contributed by atoms with van der Waals surface area (Å²) in [7, 11) is -5.10. The monoisotopic (exact) mass is 431 g/mol. The maximum absolute atomic E-state index is 14.7. The van der Waals surface area contributed by atoms with E-state index in [-0.39, 0.29) is 22.6 Å². The SMILES string of the molecule is CC(C)(C)[Si](C)(C)OCc1cc2cc(Cl)cc(F)c2n1C1CCS(=O)(=O)C1. The van der Waals surface area contributed by atoms with Gasteiger partial charge in [0.05, 0.1) is 23.6 Å². The van der Waals surface area contributed by atoms with Gasteiger partial charge < -0.3 is 8.99 Å². The Kier molecular flexibility index (Phi) is 5.30. The molecule has 1 saturated heterocycles. The topological polar surface area (TPSA) is 48.3 Å². The van der Waals surface area contributed by atoms with Crippen LogP contribution in [0.1, 0.15) is 38.9 Å². The summed E-state index contributed by atoms with van der Waals surface area (Å²) in [6.07, 6.45) is 0.487. The highest BCUT2D eigenvalue weighted by atomic mass is 35.5. The fourth-order valence-corrected chi connectivity index (χ4v) is 6.18. The van der Waals surface area contributed by atoms with E-state index in [9.17, 15) is 12.8 Å². The first-order valence-electron chi connectivity index (χ1n) is 9.14. The van der Waals surface area contributed by atoms with Crippen molar-refractivity contribution in [2.45, 2.75) is 58.0 Å². The van der Waals surface area contributed by atoms with Crippen molar-refractivity contribution in [1.29, 1.82) is 0 Å². The predicted molar refractivity (Wildman–Crippen MR) is 111 cm³/mol. The Balaban J connectivity index is 2.06. The lowest BCUT2D eigenvalue weighted by atomic mass is 10.2. The van der Waals surface area contributed by atoms with Crippen LogP contribution in [0.2, 0.25) is 23.2 Å². The van der Waals surface area contributed by atoms with Crippen molar-refractivity contribution in [3.05, 3.63) is 34.7 Å². The molecule has 0 saturated carbocycles. The minimum Gasteiger partial charge on any atom is -0.411 e. The minimum absolute atomic E-state index is 0.0337. The van der Waals surface area contributed by atoms with Crippen LogP contribution < -0.4 is 0 Å². The molecule has 0 N–H and O–H groups in total.